The number of benzene rings is 1. The van der Waals surface area contributed by atoms with Gasteiger partial charge in [0, 0.05) is 20.1 Å². The van der Waals surface area contributed by atoms with Gasteiger partial charge in [-0.05, 0) is 25.0 Å². The summed E-state index contributed by atoms with van der Waals surface area (Å²) in [5.74, 6) is -0.237. The Balaban J connectivity index is 1.44. The number of sulfone groups is 1. The van der Waals surface area contributed by atoms with Gasteiger partial charge in [0.15, 0.2) is 0 Å². The molecule has 1 aliphatic heterocycles. The summed E-state index contributed by atoms with van der Waals surface area (Å²) in [4.78, 5) is 31.0. The smallest absolute Gasteiger partial charge is 0.261 e. The average molecular weight is 416 g/mol. The van der Waals surface area contributed by atoms with Crippen LogP contribution >= 0.6 is 0 Å². The molecule has 1 amide bonds. The Kier molecular flexibility index (Phi) is 4.91. The number of likely N-dealkylation sites (tertiary alicyclic amines) is 1. The third-order valence-electron chi connectivity index (χ3n) is 5.19. The molecule has 3 heterocycles. The maximum atomic E-state index is 12.7. The van der Waals surface area contributed by atoms with Gasteiger partial charge in [-0.25, -0.2) is 13.4 Å². The number of fused-ring (bicyclic) bond motifs is 1. The van der Waals surface area contributed by atoms with Crippen molar-refractivity contribution in [3.05, 3.63) is 47.3 Å². The fourth-order valence-electron chi connectivity index (χ4n) is 3.56. The molecule has 0 radical (unpaired) electrons. The average Bonchev–Trinajstić information content (AvgIpc) is 3.17. The summed E-state index contributed by atoms with van der Waals surface area (Å²) >= 11 is 0. The Bertz CT molecular complexity index is 1220. The maximum absolute atomic E-state index is 12.7. The number of para-hydroxylation sites is 1. The summed E-state index contributed by atoms with van der Waals surface area (Å²) in [5, 5.41) is 7.12. The van der Waals surface area contributed by atoms with Crippen LogP contribution in [0, 0.1) is 0 Å². The normalized spacial score (nSPS) is 15.7. The number of nitrogens with zero attached hydrogens (tertiary/aromatic N) is 6. The predicted molar refractivity (Wildman–Crippen MR) is 104 cm³/mol. The molecule has 29 heavy (non-hydrogen) atoms. The van der Waals surface area contributed by atoms with Crippen LogP contribution in [0.4, 0.5) is 0 Å². The van der Waals surface area contributed by atoms with Crippen LogP contribution in [0.1, 0.15) is 12.8 Å². The van der Waals surface area contributed by atoms with Crippen molar-refractivity contribution in [3.63, 3.8) is 0 Å². The van der Waals surface area contributed by atoms with Crippen LogP contribution in [0.15, 0.2) is 46.9 Å². The van der Waals surface area contributed by atoms with Gasteiger partial charge in [0.25, 0.3) is 5.56 Å². The summed E-state index contributed by atoms with van der Waals surface area (Å²) in [6.07, 6.45) is 3.34. The van der Waals surface area contributed by atoms with E-state index in [1.165, 1.54) is 21.8 Å². The number of aromatic nitrogens is 5. The molecule has 0 atom stereocenters. The molecule has 11 heteroatoms. The summed E-state index contributed by atoms with van der Waals surface area (Å²) in [6, 6.07) is 6.96. The summed E-state index contributed by atoms with van der Waals surface area (Å²) < 4.78 is 28.1. The zero-order chi connectivity index (χ0) is 20.6. The lowest BCUT2D eigenvalue weighted by Crippen LogP contribution is -2.44. The van der Waals surface area contributed by atoms with E-state index in [9.17, 15) is 18.0 Å². The van der Waals surface area contributed by atoms with E-state index >= 15 is 0 Å². The lowest BCUT2D eigenvalue weighted by molar-refractivity contribution is -0.132. The van der Waals surface area contributed by atoms with Gasteiger partial charge in [0.2, 0.25) is 20.9 Å². The highest BCUT2D eigenvalue weighted by Gasteiger charge is 2.35. The monoisotopic (exact) mass is 416 g/mol. The lowest BCUT2D eigenvalue weighted by Gasteiger charge is -2.31. The van der Waals surface area contributed by atoms with Crippen molar-refractivity contribution in [2.24, 2.45) is 7.05 Å². The number of carbonyl (C=O) groups is 1. The van der Waals surface area contributed by atoms with Crippen molar-refractivity contribution in [3.8, 4) is 0 Å². The fourth-order valence-corrected chi connectivity index (χ4v) is 5.30. The minimum Gasteiger partial charge on any atom is -0.341 e. The Labute approximate surface area is 166 Å². The molecule has 0 saturated carbocycles. The number of rotatable bonds is 4. The van der Waals surface area contributed by atoms with E-state index in [1.54, 1.807) is 36.2 Å². The SMILES string of the molecule is Cn1cnnc1S(=O)(=O)C1CCN(C(=O)Cn2cnc3ccccc3c2=O)CC1. The first-order chi connectivity index (χ1) is 13.9. The second-order valence-electron chi connectivity index (χ2n) is 7.04. The topological polar surface area (TPSA) is 120 Å². The Hall–Kier alpha value is -3.08. The maximum Gasteiger partial charge on any atom is 0.261 e. The van der Waals surface area contributed by atoms with E-state index in [-0.39, 0.29) is 23.2 Å². The van der Waals surface area contributed by atoms with E-state index in [0.717, 1.165) is 0 Å². The summed E-state index contributed by atoms with van der Waals surface area (Å²) in [6.45, 7) is 0.476. The standard InChI is InChI=1S/C18H20N6O4S/c1-22-12-20-21-18(22)29(27,28)13-6-8-23(9-7-13)16(25)10-24-11-19-15-5-3-2-4-14(15)17(24)26/h2-5,11-13H,6-10H2,1H3. The molecule has 0 spiro atoms. The van der Waals surface area contributed by atoms with Crippen LogP contribution in [-0.2, 0) is 28.2 Å². The van der Waals surface area contributed by atoms with E-state index in [0.29, 0.717) is 36.8 Å². The van der Waals surface area contributed by atoms with Gasteiger partial charge in [-0.3, -0.25) is 14.2 Å². The first kappa shape index (κ1) is 19.2. The van der Waals surface area contributed by atoms with Crippen molar-refractivity contribution in [2.45, 2.75) is 29.8 Å². The van der Waals surface area contributed by atoms with Gasteiger partial charge in [0.05, 0.1) is 22.5 Å². The number of piperidine rings is 1. The molecule has 2 aromatic heterocycles. The molecule has 1 saturated heterocycles. The number of aryl methyl sites for hydroxylation is 1. The van der Waals surface area contributed by atoms with E-state index in [4.69, 9.17) is 0 Å². The van der Waals surface area contributed by atoms with E-state index in [2.05, 4.69) is 15.2 Å². The molecule has 3 aromatic rings. The molecule has 1 aliphatic rings. The van der Waals surface area contributed by atoms with Crippen molar-refractivity contribution in [2.75, 3.05) is 13.1 Å². The van der Waals surface area contributed by atoms with Crippen molar-refractivity contribution >= 4 is 26.6 Å². The number of carbonyl (C=O) groups excluding carboxylic acids is 1. The quantitative estimate of drug-likeness (QED) is 0.586. The van der Waals surface area contributed by atoms with Gasteiger partial charge in [-0.2, -0.15) is 0 Å². The molecule has 0 N–H and O–H groups in total. The van der Waals surface area contributed by atoms with Crippen LogP contribution in [0.25, 0.3) is 10.9 Å². The number of hydrogen-bond donors (Lipinski definition) is 0. The Morgan fingerprint density at radius 1 is 1.17 bits per heavy atom. The highest BCUT2D eigenvalue weighted by atomic mass is 32.2. The zero-order valence-electron chi connectivity index (χ0n) is 15.8. The van der Waals surface area contributed by atoms with Crippen LogP contribution in [0.2, 0.25) is 0 Å². The predicted octanol–water partition coefficient (Wildman–Crippen LogP) is -0.0101. The van der Waals surface area contributed by atoms with Crippen molar-refractivity contribution in [1.82, 2.24) is 29.2 Å². The molecule has 0 aliphatic carbocycles. The number of hydrogen-bond acceptors (Lipinski definition) is 7. The van der Waals surface area contributed by atoms with Gasteiger partial charge in [0.1, 0.15) is 12.9 Å². The van der Waals surface area contributed by atoms with Gasteiger partial charge in [-0.1, -0.05) is 12.1 Å². The first-order valence-electron chi connectivity index (χ1n) is 9.18. The van der Waals surface area contributed by atoms with Gasteiger partial charge < -0.3 is 9.47 Å². The molecule has 10 nitrogen and oxygen atoms in total. The molecular formula is C18H20N6O4S. The summed E-state index contributed by atoms with van der Waals surface area (Å²) in [5.41, 5.74) is 0.305. The molecule has 1 aromatic carbocycles. The highest BCUT2D eigenvalue weighted by Crippen LogP contribution is 2.23. The second-order valence-corrected chi connectivity index (χ2v) is 9.17. The molecule has 4 rings (SSSR count). The van der Waals surface area contributed by atoms with E-state index in [1.807, 2.05) is 0 Å². The van der Waals surface area contributed by atoms with Crippen LogP contribution in [0.5, 0.6) is 0 Å². The van der Waals surface area contributed by atoms with Crippen LogP contribution in [0.3, 0.4) is 0 Å². The Morgan fingerprint density at radius 2 is 1.90 bits per heavy atom. The van der Waals surface area contributed by atoms with Crippen molar-refractivity contribution in [1.29, 1.82) is 0 Å². The highest BCUT2D eigenvalue weighted by molar-refractivity contribution is 7.91. The van der Waals surface area contributed by atoms with Gasteiger partial charge >= 0.3 is 0 Å². The molecular weight excluding hydrogens is 396 g/mol. The third-order valence-corrected chi connectivity index (χ3v) is 7.42. The Morgan fingerprint density at radius 3 is 2.59 bits per heavy atom. The third kappa shape index (κ3) is 3.53. The molecule has 1 fully saturated rings. The largest absolute Gasteiger partial charge is 0.341 e. The first-order valence-corrected chi connectivity index (χ1v) is 10.7. The summed E-state index contributed by atoms with van der Waals surface area (Å²) in [7, 11) is -2.02. The molecule has 0 bridgehead atoms. The molecule has 0 unspecified atom stereocenters. The van der Waals surface area contributed by atoms with Crippen LogP contribution < -0.4 is 5.56 Å². The minimum absolute atomic E-state index is 0.0592. The van der Waals surface area contributed by atoms with Gasteiger partial charge in [-0.15, -0.1) is 10.2 Å². The zero-order valence-corrected chi connectivity index (χ0v) is 16.6. The lowest BCUT2D eigenvalue weighted by atomic mass is 10.1. The molecule has 152 valence electrons. The van der Waals surface area contributed by atoms with E-state index < -0.39 is 15.1 Å². The number of amides is 1. The fraction of sp³-hybridized carbons (Fsp3) is 0.389. The second kappa shape index (κ2) is 7.39. The van der Waals surface area contributed by atoms with Crippen molar-refractivity contribution < 1.29 is 13.2 Å². The minimum atomic E-state index is -3.60. The van der Waals surface area contributed by atoms with Crippen LogP contribution in [-0.4, -0.2) is 61.9 Å².